The van der Waals surface area contributed by atoms with Gasteiger partial charge in [0.2, 0.25) is 5.91 Å². The largest absolute Gasteiger partial charge is 0.352 e. The van der Waals surface area contributed by atoms with Crippen LogP contribution in [0.1, 0.15) is 26.7 Å². The number of carbonyl (C=O) groups excluding carboxylic acids is 1. The number of aromatic nitrogens is 4. The molecule has 0 saturated heterocycles. The van der Waals surface area contributed by atoms with E-state index in [1.807, 2.05) is 13.8 Å². The van der Waals surface area contributed by atoms with Gasteiger partial charge in [-0.05, 0) is 28.8 Å². The van der Waals surface area contributed by atoms with Gasteiger partial charge in [-0.2, -0.15) is 5.10 Å². The van der Waals surface area contributed by atoms with Crippen molar-refractivity contribution in [2.24, 2.45) is 7.05 Å². The van der Waals surface area contributed by atoms with Gasteiger partial charge in [0, 0.05) is 13.1 Å². The Hall–Kier alpha value is -1.70. The van der Waals surface area contributed by atoms with E-state index in [2.05, 4.69) is 31.3 Å². The van der Waals surface area contributed by atoms with Crippen molar-refractivity contribution in [3.8, 4) is 0 Å². The number of aryl methyl sites for hydroxylation is 1. The highest BCUT2D eigenvalue weighted by Crippen LogP contribution is 2.16. The lowest BCUT2D eigenvalue weighted by atomic mass is 10.2. The zero-order valence-corrected chi connectivity index (χ0v) is 13.8. The summed E-state index contributed by atoms with van der Waals surface area (Å²) in [6.45, 7) is 3.99. The molecular weight excluding hydrogens is 338 g/mol. The molecule has 0 aromatic carbocycles. The predicted molar refractivity (Wildman–Crippen MR) is 83.0 cm³/mol. The van der Waals surface area contributed by atoms with Crippen molar-refractivity contribution in [2.75, 3.05) is 0 Å². The zero-order chi connectivity index (χ0) is 15.6. The third kappa shape index (κ3) is 3.15. The maximum atomic E-state index is 12.4. The highest BCUT2D eigenvalue weighted by molar-refractivity contribution is 9.10. The van der Waals surface area contributed by atoms with Crippen LogP contribution in [0.5, 0.6) is 0 Å². The molecule has 0 atom stereocenters. The molecule has 2 heterocycles. The predicted octanol–water partition coefficient (Wildman–Crippen LogP) is 1.20. The second kappa shape index (κ2) is 6.38. The molecule has 21 heavy (non-hydrogen) atoms. The maximum Gasteiger partial charge on any atom is 0.266 e. The Morgan fingerprint density at radius 1 is 1.43 bits per heavy atom. The van der Waals surface area contributed by atoms with Crippen LogP contribution in [0.2, 0.25) is 0 Å². The van der Waals surface area contributed by atoms with Crippen LogP contribution in [-0.4, -0.2) is 31.3 Å². The van der Waals surface area contributed by atoms with Gasteiger partial charge in [-0.15, -0.1) is 0 Å². The van der Waals surface area contributed by atoms with E-state index >= 15 is 0 Å². The van der Waals surface area contributed by atoms with Crippen molar-refractivity contribution in [3.63, 3.8) is 0 Å². The average Bonchev–Trinajstić information content (AvgIpc) is 2.74. The van der Waals surface area contributed by atoms with Crippen LogP contribution in [0.15, 0.2) is 15.7 Å². The first-order valence-electron chi connectivity index (χ1n) is 6.84. The summed E-state index contributed by atoms with van der Waals surface area (Å²) in [5, 5.41) is 7.39. The SMILES string of the molecule is CCC(CC)NC(=O)Cn1cnc2c(c(Br)nn2C)c1=O. The van der Waals surface area contributed by atoms with E-state index in [-0.39, 0.29) is 24.1 Å². The molecule has 0 fully saturated rings. The quantitative estimate of drug-likeness (QED) is 0.873. The lowest BCUT2D eigenvalue weighted by Gasteiger charge is -2.15. The molecule has 7 nitrogen and oxygen atoms in total. The minimum atomic E-state index is -0.278. The fourth-order valence-corrected chi connectivity index (χ4v) is 2.75. The molecule has 2 aromatic heterocycles. The standard InChI is InChI=1S/C13H18BrN5O2/c1-4-8(5-2)16-9(20)6-19-7-15-12-10(13(19)21)11(14)17-18(12)3/h7-8H,4-6H2,1-3H3,(H,16,20). The van der Waals surface area contributed by atoms with E-state index in [4.69, 9.17) is 0 Å². The molecule has 0 aliphatic rings. The number of hydrogen-bond donors (Lipinski definition) is 1. The monoisotopic (exact) mass is 355 g/mol. The van der Waals surface area contributed by atoms with Gasteiger partial charge in [0.15, 0.2) is 5.65 Å². The van der Waals surface area contributed by atoms with Gasteiger partial charge in [0.25, 0.3) is 5.56 Å². The molecule has 1 N–H and O–H groups in total. The summed E-state index contributed by atoms with van der Waals surface area (Å²) < 4.78 is 3.26. The number of hydrogen-bond acceptors (Lipinski definition) is 4. The van der Waals surface area contributed by atoms with Crippen LogP contribution in [0, 0.1) is 0 Å². The summed E-state index contributed by atoms with van der Waals surface area (Å²) in [7, 11) is 1.71. The molecule has 0 radical (unpaired) electrons. The number of nitrogens with one attached hydrogen (secondary N) is 1. The van der Waals surface area contributed by atoms with Crippen molar-refractivity contribution in [2.45, 2.75) is 39.3 Å². The van der Waals surface area contributed by atoms with Crippen LogP contribution in [-0.2, 0) is 18.4 Å². The highest BCUT2D eigenvalue weighted by atomic mass is 79.9. The minimum Gasteiger partial charge on any atom is -0.352 e. The topological polar surface area (TPSA) is 81.8 Å². The zero-order valence-electron chi connectivity index (χ0n) is 12.3. The third-order valence-electron chi connectivity index (χ3n) is 3.43. The summed E-state index contributed by atoms with van der Waals surface area (Å²) in [6, 6.07) is 0.134. The molecule has 0 saturated carbocycles. The third-order valence-corrected chi connectivity index (χ3v) is 3.99. The average molecular weight is 356 g/mol. The lowest BCUT2D eigenvalue weighted by Crippen LogP contribution is -2.38. The van der Waals surface area contributed by atoms with Crippen molar-refractivity contribution >= 4 is 32.9 Å². The molecule has 1 amide bonds. The van der Waals surface area contributed by atoms with Crippen LogP contribution in [0.25, 0.3) is 11.0 Å². The van der Waals surface area contributed by atoms with E-state index < -0.39 is 0 Å². The van der Waals surface area contributed by atoms with Gasteiger partial charge in [0.1, 0.15) is 22.9 Å². The Morgan fingerprint density at radius 2 is 2.10 bits per heavy atom. The molecule has 2 rings (SSSR count). The molecule has 0 aliphatic heterocycles. The second-order valence-corrected chi connectivity index (χ2v) is 5.62. The van der Waals surface area contributed by atoms with Gasteiger partial charge in [-0.25, -0.2) is 9.67 Å². The normalized spacial score (nSPS) is 11.3. The van der Waals surface area contributed by atoms with Crippen molar-refractivity contribution < 1.29 is 4.79 Å². The molecule has 0 bridgehead atoms. The fraction of sp³-hybridized carbons (Fsp3) is 0.538. The van der Waals surface area contributed by atoms with E-state index in [1.54, 1.807) is 7.05 Å². The molecular formula is C13H18BrN5O2. The first-order valence-corrected chi connectivity index (χ1v) is 7.64. The molecule has 2 aromatic rings. The first-order chi connectivity index (χ1) is 9.97. The maximum absolute atomic E-state index is 12.4. The second-order valence-electron chi connectivity index (χ2n) is 4.87. The Balaban J connectivity index is 2.27. The van der Waals surface area contributed by atoms with E-state index in [0.717, 1.165) is 12.8 Å². The summed E-state index contributed by atoms with van der Waals surface area (Å²) >= 11 is 3.25. The Bertz CT molecular complexity index is 717. The van der Waals surface area contributed by atoms with Crippen LogP contribution in [0.4, 0.5) is 0 Å². The lowest BCUT2D eigenvalue weighted by molar-refractivity contribution is -0.122. The fourth-order valence-electron chi connectivity index (χ4n) is 2.17. The smallest absolute Gasteiger partial charge is 0.266 e. The number of halogens is 1. The van der Waals surface area contributed by atoms with Gasteiger partial charge < -0.3 is 5.32 Å². The van der Waals surface area contributed by atoms with Gasteiger partial charge in [0.05, 0.1) is 0 Å². The van der Waals surface area contributed by atoms with Crippen LogP contribution in [0.3, 0.4) is 0 Å². The summed E-state index contributed by atoms with van der Waals surface area (Å²) in [6.07, 6.45) is 3.11. The number of nitrogens with zero attached hydrogens (tertiary/aromatic N) is 4. The van der Waals surface area contributed by atoms with E-state index in [0.29, 0.717) is 15.6 Å². The highest BCUT2D eigenvalue weighted by Gasteiger charge is 2.15. The van der Waals surface area contributed by atoms with Crippen LogP contribution >= 0.6 is 15.9 Å². The van der Waals surface area contributed by atoms with Crippen LogP contribution < -0.4 is 10.9 Å². The first kappa shape index (κ1) is 15.7. The number of amides is 1. The van der Waals surface area contributed by atoms with Gasteiger partial charge in [-0.1, -0.05) is 13.8 Å². The molecule has 114 valence electrons. The number of rotatable bonds is 5. The van der Waals surface area contributed by atoms with E-state index in [9.17, 15) is 9.59 Å². The minimum absolute atomic E-state index is 0.0421. The molecule has 0 spiro atoms. The van der Waals surface area contributed by atoms with Gasteiger partial charge in [-0.3, -0.25) is 14.2 Å². The number of fused-ring (bicyclic) bond motifs is 1. The Kier molecular flexibility index (Phi) is 4.76. The summed E-state index contributed by atoms with van der Waals surface area (Å²) in [4.78, 5) is 28.6. The van der Waals surface area contributed by atoms with Gasteiger partial charge >= 0.3 is 0 Å². The van der Waals surface area contributed by atoms with Crippen molar-refractivity contribution in [1.29, 1.82) is 0 Å². The molecule has 0 unspecified atom stereocenters. The molecule has 0 aliphatic carbocycles. The number of carbonyl (C=O) groups is 1. The van der Waals surface area contributed by atoms with Crippen molar-refractivity contribution in [3.05, 3.63) is 21.3 Å². The molecule has 8 heteroatoms. The summed E-state index contributed by atoms with van der Waals surface area (Å²) in [5.74, 6) is -0.188. The Labute approximate surface area is 130 Å². The van der Waals surface area contributed by atoms with E-state index in [1.165, 1.54) is 15.6 Å². The van der Waals surface area contributed by atoms with Crippen molar-refractivity contribution in [1.82, 2.24) is 24.6 Å². The summed E-state index contributed by atoms with van der Waals surface area (Å²) in [5.41, 5.74) is 0.211. The Morgan fingerprint density at radius 3 is 2.71 bits per heavy atom.